The largest absolute Gasteiger partial charge is 0.309 e. The van der Waals surface area contributed by atoms with E-state index in [-0.39, 0.29) is 11.6 Å². The van der Waals surface area contributed by atoms with E-state index in [1.807, 2.05) is 6.07 Å². The Balaban J connectivity index is 2.30. The summed E-state index contributed by atoms with van der Waals surface area (Å²) in [6.45, 7) is 0. The van der Waals surface area contributed by atoms with Gasteiger partial charge in [0, 0.05) is 12.6 Å². The Morgan fingerprint density at radius 3 is 2.24 bits per heavy atom. The van der Waals surface area contributed by atoms with Crippen LogP contribution in [0.4, 0.5) is 10.1 Å². The number of hydrogen-bond acceptors (Lipinski definition) is 1. The third-order valence-corrected chi connectivity index (χ3v) is 2.54. The number of carbonyl (C=O) groups is 1. The molecule has 0 radical (unpaired) electrons. The van der Waals surface area contributed by atoms with E-state index in [1.165, 1.54) is 11.0 Å². The van der Waals surface area contributed by atoms with Gasteiger partial charge in [0.15, 0.2) is 0 Å². The van der Waals surface area contributed by atoms with Crippen molar-refractivity contribution in [2.45, 2.75) is 0 Å². The van der Waals surface area contributed by atoms with E-state index in [4.69, 9.17) is 0 Å². The summed E-state index contributed by atoms with van der Waals surface area (Å²) in [5, 5.41) is 0. The second-order valence-electron chi connectivity index (χ2n) is 3.68. The van der Waals surface area contributed by atoms with Gasteiger partial charge in [-0.15, -0.1) is 0 Å². The highest BCUT2D eigenvalue weighted by atomic mass is 19.1. The van der Waals surface area contributed by atoms with Crippen molar-refractivity contribution in [2.24, 2.45) is 0 Å². The first kappa shape index (κ1) is 11.3. The Morgan fingerprint density at radius 1 is 1.00 bits per heavy atom. The smallest absolute Gasteiger partial charge is 0.258 e. The predicted molar refractivity (Wildman–Crippen MR) is 65.6 cm³/mol. The van der Waals surface area contributed by atoms with Crippen LogP contribution in [0, 0.1) is 5.82 Å². The number of benzene rings is 2. The van der Waals surface area contributed by atoms with E-state index in [9.17, 15) is 9.18 Å². The van der Waals surface area contributed by atoms with Crippen molar-refractivity contribution in [1.29, 1.82) is 0 Å². The Labute approximate surface area is 99.3 Å². The Kier molecular flexibility index (Phi) is 3.19. The molecule has 2 nitrogen and oxygen atoms in total. The number of hydrogen-bond donors (Lipinski definition) is 0. The van der Waals surface area contributed by atoms with Crippen LogP contribution in [0.1, 0.15) is 10.4 Å². The molecule has 0 spiro atoms. The summed E-state index contributed by atoms with van der Waals surface area (Å²) in [6.07, 6.45) is 0. The van der Waals surface area contributed by atoms with Crippen LogP contribution in [0.5, 0.6) is 0 Å². The van der Waals surface area contributed by atoms with Crippen molar-refractivity contribution in [3.8, 4) is 0 Å². The van der Waals surface area contributed by atoms with Gasteiger partial charge in [0.2, 0.25) is 0 Å². The lowest BCUT2D eigenvalue weighted by Crippen LogP contribution is -2.26. The van der Waals surface area contributed by atoms with Crippen molar-refractivity contribution in [3.05, 3.63) is 66.0 Å². The van der Waals surface area contributed by atoms with Crippen LogP contribution >= 0.6 is 0 Å². The molecule has 2 aromatic carbocycles. The fourth-order valence-corrected chi connectivity index (χ4v) is 1.61. The molecule has 86 valence electrons. The number of rotatable bonds is 2. The molecule has 0 saturated carbocycles. The Morgan fingerprint density at radius 2 is 1.59 bits per heavy atom. The Bertz CT molecular complexity index is 525. The van der Waals surface area contributed by atoms with Crippen LogP contribution in [0.3, 0.4) is 0 Å². The summed E-state index contributed by atoms with van der Waals surface area (Å²) in [6, 6.07) is 15.0. The first-order valence-electron chi connectivity index (χ1n) is 5.28. The monoisotopic (exact) mass is 229 g/mol. The maximum absolute atomic E-state index is 13.5. The van der Waals surface area contributed by atoms with Crippen molar-refractivity contribution < 1.29 is 9.18 Å². The highest BCUT2D eigenvalue weighted by Crippen LogP contribution is 2.19. The average Bonchev–Trinajstić information content (AvgIpc) is 2.39. The summed E-state index contributed by atoms with van der Waals surface area (Å²) >= 11 is 0. The minimum absolute atomic E-state index is 0.226. The fraction of sp³-hybridized carbons (Fsp3) is 0.0714. The van der Waals surface area contributed by atoms with Crippen LogP contribution in [0.25, 0.3) is 0 Å². The van der Waals surface area contributed by atoms with Gasteiger partial charge in [-0.25, -0.2) is 4.39 Å². The lowest BCUT2D eigenvalue weighted by Gasteiger charge is -2.17. The number of carbonyl (C=O) groups excluding carboxylic acids is 1. The molecule has 0 bridgehead atoms. The molecule has 0 atom stereocenters. The lowest BCUT2D eigenvalue weighted by molar-refractivity contribution is 0.0992. The molecule has 3 heteroatoms. The zero-order chi connectivity index (χ0) is 12.3. The zero-order valence-electron chi connectivity index (χ0n) is 9.43. The number of nitrogens with zero attached hydrogens (tertiary/aromatic N) is 1. The SMILES string of the molecule is CN(C(=O)c1ccccc1)c1ccccc1F. The van der Waals surface area contributed by atoms with Gasteiger partial charge in [0.1, 0.15) is 5.82 Å². The second-order valence-corrected chi connectivity index (χ2v) is 3.68. The van der Waals surface area contributed by atoms with Crippen LogP contribution < -0.4 is 4.90 Å². The van der Waals surface area contributed by atoms with Crippen molar-refractivity contribution in [1.82, 2.24) is 0 Å². The van der Waals surface area contributed by atoms with Crippen LogP contribution in [0.15, 0.2) is 54.6 Å². The number of amides is 1. The second kappa shape index (κ2) is 4.78. The number of halogens is 1. The maximum Gasteiger partial charge on any atom is 0.258 e. The van der Waals surface area contributed by atoms with Crippen LogP contribution in [-0.2, 0) is 0 Å². The Hall–Kier alpha value is -2.16. The summed E-state index contributed by atoms with van der Waals surface area (Å²) < 4.78 is 13.5. The molecule has 1 amide bonds. The summed E-state index contributed by atoms with van der Waals surface area (Å²) in [5.41, 5.74) is 0.819. The van der Waals surface area contributed by atoms with Crippen molar-refractivity contribution in [2.75, 3.05) is 11.9 Å². The van der Waals surface area contributed by atoms with Gasteiger partial charge in [-0.2, -0.15) is 0 Å². The average molecular weight is 229 g/mol. The molecule has 17 heavy (non-hydrogen) atoms. The quantitative estimate of drug-likeness (QED) is 0.774. The molecule has 0 heterocycles. The third kappa shape index (κ3) is 2.33. The van der Waals surface area contributed by atoms with Gasteiger partial charge in [0.05, 0.1) is 5.69 Å². The first-order chi connectivity index (χ1) is 8.20. The van der Waals surface area contributed by atoms with E-state index in [0.717, 1.165) is 0 Å². The van der Waals surface area contributed by atoms with E-state index < -0.39 is 5.82 Å². The first-order valence-corrected chi connectivity index (χ1v) is 5.28. The van der Waals surface area contributed by atoms with Crippen molar-refractivity contribution in [3.63, 3.8) is 0 Å². The van der Waals surface area contributed by atoms with Crippen molar-refractivity contribution >= 4 is 11.6 Å². The molecule has 0 aromatic heterocycles. The number of para-hydroxylation sites is 1. The molecule has 0 aliphatic rings. The van der Waals surface area contributed by atoms with Gasteiger partial charge < -0.3 is 4.90 Å². The van der Waals surface area contributed by atoms with Gasteiger partial charge in [-0.1, -0.05) is 30.3 Å². The van der Waals surface area contributed by atoms with E-state index in [2.05, 4.69) is 0 Å². The van der Waals surface area contributed by atoms with Crippen LogP contribution in [0.2, 0.25) is 0 Å². The topological polar surface area (TPSA) is 20.3 Å². The fourth-order valence-electron chi connectivity index (χ4n) is 1.61. The summed E-state index contributed by atoms with van der Waals surface area (Å²) in [7, 11) is 1.56. The molecular weight excluding hydrogens is 217 g/mol. The zero-order valence-corrected chi connectivity index (χ0v) is 9.43. The standard InChI is InChI=1S/C14H12FNO/c1-16(13-10-6-5-9-12(13)15)14(17)11-7-3-2-4-8-11/h2-10H,1H3. The minimum Gasteiger partial charge on any atom is -0.309 e. The van der Waals surface area contributed by atoms with Crippen LogP contribution in [-0.4, -0.2) is 13.0 Å². The summed E-state index contributed by atoms with van der Waals surface area (Å²) in [4.78, 5) is 13.4. The van der Waals surface area contributed by atoms with E-state index >= 15 is 0 Å². The molecule has 2 aromatic rings. The van der Waals surface area contributed by atoms with Gasteiger partial charge in [0.25, 0.3) is 5.91 Å². The lowest BCUT2D eigenvalue weighted by atomic mass is 10.2. The molecule has 2 rings (SSSR count). The van der Waals surface area contributed by atoms with E-state index in [0.29, 0.717) is 5.56 Å². The number of anilines is 1. The van der Waals surface area contributed by atoms with E-state index in [1.54, 1.807) is 49.5 Å². The maximum atomic E-state index is 13.5. The van der Waals surface area contributed by atoms with Gasteiger partial charge >= 0.3 is 0 Å². The molecule has 0 aliphatic heterocycles. The van der Waals surface area contributed by atoms with Gasteiger partial charge in [-0.05, 0) is 24.3 Å². The van der Waals surface area contributed by atoms with Gasteiger partial charge in [-0.3, -0.25) is 4.79 Å². The molecule has 0 saturated heterocycles. The summed E-state index contributed by atoms with van der Waals surface area (Å²) in [5.74, 6) is -0.630. The third-order valence-electron chi connectivity index (χ3n) is 2.54. The molecule has 0 N–H and O–H groups in total. The highest BCUT2D eigenvalue weighted by molar-refractivity contribution is 6.05. The highest BCUT2D eigenvalue weighted by Gasteiger charge is 2.15. The molecule has 0 fully saturated rings. The predicted octanol–water partition coefficient (Wildman–Crippen LogP) is 3.10. The molecule has 0 aliphatic carbocycles. The molecule has 0 unspecified atom stereocenters. The normalized spacial score (nSPS) is 10.0. The molecular formula is C14H12FNO. The minimum atomic E-state index is -0.403.